The molecule has 0 saturated heterocycles. The standard InChI is InChI=1S/C17H12N.2C12H10N.Ir/c1-3-7-14(8-4-1)16-11-12-18-17(13-16)15-9-5-2-6-10-15;2*1-10-6-5-9-12(13-10)11-7-3-2-4-8-11;/h1-9,11-13H;2*2-7,9H,1H3;/q3*-1;+3/i;1D3;;. The summed E-state index contributed by atoms with van der Waals surface area (Å²) in [7, 11) is 0. The molecule has 3 heterocycles. The van der Waals surface area contributed by atoms with Crippen molar-refractivity contribution in [2.24, 2.45) is 0 Å². The van der Waals surface area contributed by atoms with Gasteiger partial charge in [-0.2, -0.15) is 0 Å². The second-order valence-electron chi connectivity index (χ2n) is 9.70. The number of benzene rings is 4. The molecular formula is C41H32IrN3. The van der Waals surface area contributed by atoms with Crippen LogP contribution in [0.15, 0.2) is 158 Å². The zero-order valence-corrected chi connectivity index (χ0v) is 27.1. The van der Waals surface area contributed by atoms with Gasteiger partial charge in [-0.25, -0.2) is 0 Å². The maximum atomic E-state index is 7.29. The van der Waals surface area contributed by atoms with E-state index in [1.165, 1.54) is 17.2 Å². The van der Waals surface area contributed by atoms with Gasteiger partial charge in [0.15, 0.2) is 0 Å². The average Bonchev–Trinajstić information content (AvgIpc) is 3.13. The second kappa shape index (κ2) is 17.3. The first kappa shape index (κ1) is 28.7. The molecule has 0 aliphatic rings. The first-order valence-electron chi connectivity index (χ1n) is 15.7. The Labute approximate surface area is 284 Å². The van der Waals surface area contributed by atoms with Crippen LogP contribution in [-0.4, -0.2) is 15.0 Å². The maximum absolute atomic E-state index is 7.29. The largest absolute Gasteiger partial charge is 3.00 e. The summed E-state index contributed by atoms with van der Waals surface area (Å²) in [4.78, 5) is 12.9. The predicted octanol–water partition coefficient (Wildman–Crippen LogP) is 9.93. The molecule has 0 atom stereocenters. The summed E-state index contributed by atoms with van der Waals surface area (Å²) in [6, 6.07) is 57.9. The molecule has 0 unspecified atom stereocenters. The molecule has 7 aromatic rings. The molecule has 0 aliphatic heterocycles. The Morgan fingerprint density at radius 2 is 1.00 bits per heavy atom. The summed E-state index contributed by atoms with van der Waals surface area (Å²) < 4.78 is 21.9. The van der Waals surface area contributed by atoms with E-state index in [2.05, 4.69) is 51.4 Å². The van der Waals surface area contributed by atoms with E-state index in [0.717, 1.165) is 33.8 Å². The Morgan fingerprint density at radius 3 is 1.51 bits per heavy atom. The van der Waals surface area contributed by atoms with E-state index in [-0.39, 0.29) is 25.8 Å². The molecule has 220 valence electrons. The van der Waals surface area contributed by atoms with E-state index in [1.807, 2.05) is 122 Å². The van der Waals surface area contributed by atoms with Crippen LogP contribution < -0.4 is 0 Å². The Balaban J connectivity index is 0.000000163. The third-order valence-corrected chi connectivity index (χ3v) is 6.46. The Morgan fingerprint density at radius 1 is 0.489 bits per heavy atom. The molecule has 7 rings (SSSR count). The molecular weight excluding hydrogens is 727 g/mol. The number of hydrogen-bond acceptors (Lipinski definition) is 3. The van der Waals surface area contributed by atoms with Crippen LogP contribution in [0.3, 0.4) is 0 Å². The van der Waals surface area contributed by atoms with Crippen LogP contribution in [0.2, 0.25) is 0 Å². The minimum Gasteiger partial charge on any atom is -0.305 e. The molecule has 0 amide bonds. The summed E-state index contributed by atoms with van der Waals surface area (Å²) >= 11 is 0. The molecule has 0 aliphatic carbocycles. The molecule has 0 radical (unpaired) electrons. The van der Waals surface area contributed by atoms with Crippen LogP contribution in [-0.2, 0) is 20.1 Å². The average molecular weight is 762 g/mol. The molecule has 0 N–H and O–H groups in total. The van der Waals surface area contributed by atoms with Gasteiger partial charge in [0.1, 0.15) is 0 Å². The number of aromatic nitrogens is 3. The summed E-state index contributed by atoms with van der Waals surface area (Å²) in [5.41, 5.74) is 8.98. The van der Waals surface area contributed by atoms with Crippen LogP contribution in [0.5, 0.6) is 0 Å². The number of rotatable bonds is 4. The fourth-order valence-electron chi connectivity index (χ4n) is 4.32. The number of nitrogens with zero attached hydrogens (tertiary/aromatic N) is 3. The summed E-state index contributed by atoms with van der Waals surface area (Å²) in [5, 5.41) is 0. The zero-order valence-electron chi connectivity index (χ0n) is 27.7. The molecule has 0 bridgehead atoms. The van der Waals surface area contributed by atoms with Crippen LogP contribution in [0.1, 0.15) is 15.5 Å². The fourth-order valence-corrected chi connectivity index (χ4v) is 4.32. The third kappa shape index (κ3) is 10.0. The minimum absolute atomic E-state index is 0. The molecule has 0 saturated carbocycles. The van der Waals surface area contributed by atoms with Crippen molar-refractivity contribution in [2.75, 3.05) is 0 Å². The molecule has 4 aromatic carbocycles. The number of pyridine rings is 3. The molecule has 0 fully saturated rings. The molecule has 3 aromatic heterocycles. The quantitative estimate of drug-likeness (QED) is 0.168. The van der Waals surface area contributed by atoms with Crippen molar-refractivity contribution >= 4 is 0 Å². The van der Waals surface area contributed by atoms with E-state index in [9.17, 15) is 0 Å². The van der Waals surface area contributed by atoms with Crippen molar-refractivity contribution in [3.63, 3.8) is 0 Å². The van der Waals surface area contributed by atoms with Crippen molar-refractivity contribution in [3.05, 3.63) is 187 Å². The Bertz CT molecular complexity index is 1920. The van der Waals surface area contributed by atoms with Crippen LogP contribution in [0.25, 0.3) is 44.9 Å². The van der Waals surface area contributed by atoms with Crippen molar-refractivity contribution < 1.29 is 24.2 Å². The third-order valence-electron chi connectivity index (χ3n) is 6.46. The Kier molecular flexibility index (Phi) is 11.1. The smallest absolute Gasteiger partial charge is 0.305 e. The van der Waals surface area contributed by atoms with Gasteiger partial charge in [-0.1, -0.05) is 60.7 Å². The Hall–Kier alpha value is -5.02. The van der Waals surface area contributed by atoms with E-state index in [4.69, 9.17) is 4.11 Å². The van der Waals surface area contributed by atoms with Gasteiger partial charge < -0.3 is 15.0 Å². The van der Waals surface area contributed by atoms with E-state index in [1.54, 1.807) is 18.2 Å². The van der Waals surface area contributed by atoms with Gasteiger partial charge in [0.2, 0.25) is 0 Å². The normalized spacial score (nSPS) is 11.1. The van der Waals surface area contributed by atoms with Gasteiger partial charge >= 0.3 is 20.1 Å². The summed E-state index contributed by atoms with van der Waals surface area (Å²) in [6.07, 6.45) is 1.85. The molecule has 3 nitrogen and oxygen atoms in total. The zero-order chi connectivity index (χ0) is 32.9. The second-order valence-corrected chi connectivity index (χ2v) is 9.70. The van der Waals surface area contributed by atoms with E-state index in [0.29, 0.717) is 5.69 Å². The van der Waals surface area contributed by atoms with Crippen LogP contribution >= 0.6 is 0 Å². The van der Waals surface area contributed by atoms with Gasteiger partial charge in [-0.3, -0.25) is 0 Å². The SMILES string of the molecule is Cc1cccc(-c2[c-]cccc2)n1.[2H]C([2H])([2H])c1cccc(-c2[c-]cccc2)n1.[Ir+3].[c-]1ccccc1-c1cc(-c2ccccc2)ccn1. The first-order valence-corrected chi connectivity index (χ1v) is 14.2. The van der Waals surface area contributed by atoms with Crippen molar-refractivity contribution in [3.8, 4) is 44.9 Å². The number of hydrogen-bond donors (Lipinski definition) is 0. The predicted molar refractivity (Wildman–Crippen MR) is 180 cm³/mol. The van der Waals surface area contributed by atoms with E-state index >= 15 is 0 Å². The van der Waals surface area contributed by atoms with Crippen LogP contribution in [0.4, 0.5) is 0 Å². The minimum atomic E-state index is -2.16. The van der Waals surface area contributed by atoms with Crippen LogP contribution in [0, 0.1) is 32.0 Å². The summed E-state index contributed by atoms with van der Waals surface area (Å²) in [6.45, 7) is -0.169. The molecule has 45 heavy (non-hydrogen) atoms. The fraction of sp³-hybridized carbons (Fsp3) is 0.0488. The van der Waals surface area contributed by atoms with Gasteiger partial charge in [0.25, 0.3) is 0 Å². The van der Waals surface area contributed by atoms with Crippen molar-refractivity contribution in [1.29, 1.82) is 0 Å². The van der Waals surface area contributed by atoms with Gasteiger partial charge in [-0.05, 0) is 60.2 Å². The van der Waals surface area contributed by atoms with Crippen molar-refractivity contribution in [1.82, 2.24) is 15.0 Å². The first-order chi connectivity index (χ1) is 22.9. The molecule has 0 spiro atoms. The molecule has 4 heteroatoms. The maximum Gasteiger partial charge on any atom is 3.00 e. The van der Waals surface area contributed by atoms with E-state index < -0.39 is 6.85 Å². The van der Waals surface area contributed by atoms with Gasteiger partial charge in [-0.15, -0.1) is 108 Å². The number of aryl methyl sites for hydroxylation is 2. The van der Waals surface area contributed by atoms with Crippen molar-refractivity contribution in [2.45, 2.75) is 13.8 Å². The summed E-state index contributed by atoms with van der Waals surface area (Å²) in [5.74, 6) is 0. The van der Waals surface area contributed by atoms with Gasteiger partial charge in [0, 0.05) is 21.7 Å². The monoisotopic (exact) mass is 762 g/mol. The topological polar surface area (TPSA) is 38.7 Å². The van der Waals surface area contributed by atoms with Gasteiger partial charge in [0.05, 0.1) is 0 Å².